The van der Waals surface area contributed by atoms with Crippen molar-refractivity contribution < 1.29 is 8.42 Å². The van der Waals surface area contributed by atoms with Gasteiger partial charge in [0.15, 0.2) is 5.13 Å². The van der Waals surface area contributed by atoms with E-state index in [0.29, 0.717) is 5.69 Å². The van der Waals surface area contributed by atoms with Gasteiger partial charge in [-0.05, 0) is 18.6 Å². The summed E-state index contributed by atoms with van der Waals surface area (Å²) in [7, 11) is -1.69. The van der Waals surface area contributed by atoms with E-state index in [1.54, 1.807) is 30.5 Å². The van der Waals surface area contributed by atoms with Crippen LogP contribution in [0.3, 0.4) is 0 Å². The lowest BCUT2D eigenvalue weighted by atomic mass is 10.1. The van der Waals surface area contributed by atoms with Gasteiger partial charge in [0.05, 0.1) is 17.6 Å². The van der Waals surface area contributed by atoms with Crippen molar-refractivity contribution in [2.45, 2.75) is 19.8 Å². The maximum absolute atomic E-state index is 11.5. The minimum Gasteiger partial charge on any atom is -0.362 e. The summed E-state index contributed by atoms with van der Waals surface area (Å²) in [5.74, 6) is 0. The number of aromatic nitrogens is 1. The molecular formula is C15H21N3O2S2. The van der Waals surface area contributed by atoms with E-state index < -0.39 is 10.0 Å². The van der Waals surface area contributed by atoms with Crippen LogP contribution in [-0.4, -0.2) is 33.2 Å². The number of nitrogens with one attached hydrogen (secondary N) is 1. The Morgan fingerprint density at radius 2 is 1.95 bits per heavy atom. The molecule has 2 rings (SSSR count). The molecule has 1 N–H and O–H groups in total. The molecule has 0 atom stereocenters. The average Bonchev–Trinajstić information content (AvgIpc) is 2.95. The summed E-state index contributed by atoms with van der Waals surface area (Å²) < 4.78 is 24.3. The van der Waals surface area contributed by atoms with Gasteiger partial charge in [-0.3, -0.25) is 4.31 Å². The second-order valence-corrected chi connectivity index (χ2v) is 7.97. The predicted molar refractivity (Wildman–Crippen MR) is 94.2 cm³/mol. The predicted octanol–water partition coefficient (Wildman–Crippen LogP) is 3.42. The third kappa shape index (κ3) is 4.20. The van der Waals surface area contributed by atoms with Crippen molar-refractivity contribution in [1.82, 2.24) is 4.98 Å². The highest BCUT2D eigenvalue weighted by molar-refractivity contribution is 7.92. The molecule has 1 heterocycles. The topological polar surface area (TPSA) is 62.3 Å². The maximum Gasteiger partial charge on any atom is 0.231 e. The largest absolute Gasteiger partial charge is 0.362 e. The summed E-state index contributed by atoms with van der Waals surface area (Å²) in [6.45, 7) is 3.09. The van der Waals surface area contributed by atoms with Crippen LogP contribution in [0.5, 0.6) is 0 Å². The fourth-order valence-electron chi connectivity index (χ4n) is 1.89. The molecule has 7 heteroatoms. The van der Waals surface area contributed by atoms with Crippen LogP contribution in [0.15, 0.2) is 29.6 Å². The van der Waals surface area contributed by atoms with E-state index in [1.165, 1.54) is 10.6 Å². The van der Waals surface area contributed by atoms with Gasteiger partial charge >= 0.3 is 0 Å². The highest BCUT2D eigenvalue weighted by Crippen LogP contribution is 2.27. The molecule has 22 heavy (non-hydrogen) atoms. The lowest BCUT2D eigenvalue weighted by molar-refractivity contribution is 0.600. The van der Waals surface area contributed by atoms with Crippen molar-refractivity contribution in [1.29, 1.82) is 0 Å². The minimum atomic E-state index is -3.23. The van der Waals surface area contributed by atoms with Crippen LogP contribution in [0.4, 0.5) is 10.8 Å². The van der Waals surface area contributed by atoms with E-state index in [1.807, 2.05) is 17.5 Å². The van der Waals surface area contributed by atoms with Crippen molar-refractivity contribution in [3.8, 4) is 11.3 Å². The average molecular weight is 339 g/mol. The van der Waals surface area contributed by atoms with Crippen LogP contribution in [0.1, 0.15) is 19.8 Å². The molecule has 1 aromatic heterocycles. The molecule has 0 radical (unpaired) electrons. The lowest BCUT2D eigenvalue weighted by Gasteiger charge is -2.16. The number of anilines is 2. The number of benzene rings is 1. The molecule has 0 aliphatic rings. The van der Waals surface area contributed by atoms with Crippen molar-refractivity contribution in [2.75, 3.05) is 29.5 Å². The van der Waals surface area contributed by atoms with Crippen molar-refractivity contribution in [3.05, 3.63) is 29.6 Å². The fourth-order valence-corrected chi connectivity index (χ4v) is 3.15. The molecular weight excluding hydrogens is 318 g/mol. The van der Waals surface area contributed by atoms with Crippen LogP contribution >= 0.6 is 11.3 Å². The maximum atomic E-state index is 11.5. The molecule has 0 bridgehead atoms. The second kappa shape index (κ2) is 7.11. The Kier molecular flexibility index (Phi) is 5.42. The number of unbranched alkanes of at least 4 members (excludes halogenated alkanes) is 1. The van der Waals surface area contributed by atoms with Gasteiger partial charge in [0.2, 0.25) is 10.0 Å². The summed E-state index contributed by atoms with van der Waals surface area (Å²) in [6.07, 6.45) is 3.47. The highest BCUT2D eigenvalue weighted by Gasteiger charge is 2.12. The Morgan fingerprint density at radius 1 is 1.27 bits per heavy atom. The number of thiazole rings is 1. The summed E-state index contributed by atoms with van der Waals surface area (Å²) in [5.41, 5.74) is 2.52. The zero-order valence-electron chi connectivity index (χ0n) is 13.0. The first-order valence-electron chi connectivity index (χ1n) is 7.15. The van der Waals surface area contributed by atoms with Crippen molar-refractivity contribution in [2.24, 2.45) is 0 Å². The van der Waals surface area contributed by atoms with Crippen LogP contribution < -0.4 is 9.62 Å². The van der Waals surface area contributed by atoms with Gasteiger partial charge in [0.1, 0.15) is 0 Å². The summed E-state index contributed by atoms with van der Waals surface area (Å²) >= 11 is 1.58. The first kappa shape index (κ1) is 16.8. The molecule has 120 valence electrons. The number of hydrogen-bond acceptors (Lipinski definition) is 5. The van der Waals surface area contributed by atoms with Gasteiger partial charge in [-0.2, -0.15) is 0 Å². The molecule has 0 unspecified atom stereocenters. The number of sulfonamides is 1. The molecule has 0 saturated heterocycles. The van der Waals surface area contributed by atoms with Gasteiger partial charge in [0, 0.05) is 24.5 Å². The SMILES string of the molecule is CCCCNc1nc(-c2ccc(N(C)S(C)(=O)=O)cc2)cs1. The van der Waals surface area contributed by atoms with Gasteiger partial charge in [-0.15, -0.1) is 11.3 Å². The Hall–Kier alpha value is -1.60. The molecule has 0 saturated carbocycles. The minimum absolute atomic E-state index is 0.641. The Morgan fingerprint density at radius 3 is 2.55 bits per heavy atom. The van der Waals surface area contributed by atoms with E-state index >= 15 is 0 Å². The van der Waals surface area contributed by atoms with Crippen LogP contribution in [-0.2, 0) is 10.0 Å². The summed E-state index contributed by atoms with van der Waals surface area (Å²) in [6, 6.07) is 7.36. The van der Waals surface area contributed by atoms with Crippen molar-refractivity contribution >= 4 is 32.2 Å². The first-order chi connectivity index (χ1) is 10.4. The van der Waals surface area contributed by atoms with Gasteiger partial charge < -0.3 is 5.32 Å². The smallest absolute Gasteiger partial charge is 0.231 e. The molecule has 0 spiro atoms. The summed E-state index contributed by atoms with van der Waals surface area (Å²) in [5, 5.41) is 6.23. The van der Waals surface area contributed by atoms with Crippen LogP contribution in [0.2, 0.25) is 0 Å². The monoisotopic (exact) mass is 339 g/mol. The molecule has 0 aliphatic heterocycles. The Balaban J connectivity index is 2.10. The zero-order valence-corrected chi connectivity index (χ0v) is 14.7. The normalized spacial score (nSPS) is 11.4. The molecule has 0 amide bonds. The summed E-state index contributed by atoms with van der Waals surface area (Å²) in [4.78, 5) is 4.55. The number of nitrogens with zero attached hydrogens (tertiary/aromatic N) is 2. The van der Waals surface area contributed by atoms with Gasteiger partial charge in [0.25, 0.3) is 0 Å². The Bertz CT molecular complexity index is 709. The molecule has 2 aromatic rings. The van der Waals surface area contributed by atoms with E-state index in [2.05, 4.69) is 17.2 Å². The van der Waals surface area contributed by atoms with E-state index in [4.69, 9.17) is 0 Å². The molecule has 0 fully saturated rings. The third-order valence-corrected chi connectivity index (χ3v) is 5.34. The number of hydrogen-bond donors (Lipinski definition) is 1. The molecule has 5 nitrogen and oxygen atoms in total. The highest BCUT2D eigenvalue weighted by atomic mass is 32.2. The first-order valence-corrected chi connectivity index (χ1v) is 9.88. The zero-order chi connectivity index (χ0) is 16.2. The number of rotatable bonds is 7. The quantitative estimate of drug-likeness (QED) is 0.785. The molecule has 0 aliphatic carbocycles. The standard InChI is InChI=1S/C15H21N3O2S2/c1-4-5-10-16-15-17-14(11-21-15)12-6-8-13(9-7-12)18(2)22(3,19)20/h6-9,11H,4-5,10H2,1-3H3,(H,16,17). The lowest BCUT2D eigenvalue weighted by Crippen LogP contribution is -2.24. The third-order valence-electron chi connectivity index (χ3n) is 3.33. The van der Waals surface area contributed by atoms with Crippen molar-refractivity contribution in [3.63, 3.8) is 0 Å². The van der Waals surface area contributed by atoms with Gasteiger partial charge in [-0.1, -0.05) is 25.5 Å². The van der Waals surface area contributed by atoms with E-state index in [-0.39, 0.29) is 0 Å². The van der Waals surface area contributed by atoms with Gasteiger partial charge in [-0.25, -0.2) is 13.4 Å². The van der Waals surface area contributed by atoms with E-state index in [9.17, 15) is 8.42 Å². The Labute approximate surface area is 136 Å². The molecule has 1 aromatic carbocycles. The van der Waals surface area contributed by atoms with Crippen LogP contribution in [0, 0.1) is 0 Å². The van der Waals surface area contributed by atoms with Crippen LogP contribution in [0.25, 0.3) is 11.3 Å². The van der Waals surface area contributed by atoms with E-state index in [0.717, 1.165) is 35.8 Å². The fraction of sp³-hybridized carbons (Fsp3) is 0.400. The second-order valence-electron chi connectivity index (χ2n) is 5.10.